The van der Waals surface area contributed by atoms with Gasteiger partial charge < -0.3 is 8.92 Å². The van der Waals surface area contributed by atoms with Gasteiger partial charge in [-0.1, -0.05) is 41.5 Å². The summed E-state index contributed by atoms with van der Waals surface area (Å²) >= 11 is 0. The molecule has 0 radical (unpaired) electrons. The first-order chi connectivity index (χ1) is 15.4. The molecule has 0 bridgehead atoms. The van der Waals surface area contributed by atoms with E-state index in [9.17, 15) is 26.4 Å². The summed E-state index contributed by atoms with van der Waals surface area (Å²) < 4.78 is 71.7. The molecule has 6 atom stereocenters. The van der Waals surface area contributed by atoms with Crippen LogP contribution in [0.3, 0.4) is 0 Å². The molecule has 1 heterocycles. The van der Waals surface area contributed by atoms with Crippen LogP contribution in [-0.4, -0.2) is 26.5 Å². The van der Waals surface area contributed by atoms with Crippen LogP contribution in [0.2, 0.25) is 0 Å². The second-order valence-electron chi connectivity index (χ2n) is 9.58. The Morgan fingerprint density at radius 1 is 1.03 bits per heavy atom. The number of hydrogen-bond donors (Lipinski definition) is 0. The van der Waals surface area contributed by atoms with Gasteiger partial charge in [0.2, 0.25) is 0 Å². The number of esters is 1. The van der Waals surface area contributed by atoms with Crippen LogP contribution in [0.15, 0.2) is 11.8 Å². The molecular formula is C24H39F3O5S. The zero-order valence-corrected chi connectivity index (χ0v) is 21.4. The number of carbonyl (C=O) groups is 1. The van der Waals surface area contributed by atoms with Gasteiger partial charge in [-0.15, -0.1) is 0 Å². The molecule has 0 aromatic rings. The highest BCUT2D eigenvalue weighted by Gasteiger charge is 2.60. The molecule has 1 aliphatic heterocycles. The fourth-order valence-electron chi connectivity index (χ4n) is 6.66. The predicted octanol–water partition coefficient (Wildman–Crippen LogP) is 6.59. The van der Waals surface area contributed by atoms with Crippen LogP contribution in [0, 0.1) is 34.5 Å². The Morgan fingerprint density at radius 3 is 2.27 bits per heavy atom. The van der Waals surface area contributed by atoms with E-state index in [-0.39, 0.29) is 29.0 Å². The Bertz CT molecular complexity index is 838. The average Bonchev–Trinajstić information content (AvgIpc) is 3.00. The van der Waals surface area contributed by atoms with Gasteiger partial charge >= 0.3 is 21.6 Å². The first kappa shape index (κ1) is 28.0. The Balaban J connectivity index is 0.000000914. The first-order valence-electron chi connectivity index (χ1n) is 12.3. The standard InChI is InChI=1S/C20H27F3O5S.2C2H6/c1-18-10-8-17(24)27-11-12(18)3-4-13-14-5-6-16(19(14,2)9-7-15(13)18)28-29(25,26)20(21,22)23;2*1-2/h6,12-15H,3-5,7-11H2,1-2H3;2*1-2H3. The van der Waals surface area contributed by atoms with Crippen molar-refractivity contribution in [2.24, 2.45) is 34.5 Å². The minimum Gasteiger partial charge on any atom is -0.465 e. The molecule has 6 unspecified atom stereocenters. The van der Waals surface area contributed by atoms with Crippen LogP contribution in [0.4, 0.5) is 13.2 Å². The molecule has 2 saturated carbocycles. The summed E-state index contributed by atoms with van der Waals surface area (Å²) in [5.41, 5.74) is -6.18. The maximum Gasteiger partial charge on any atom is 0.534 e. The van der Waals surface area contributed by atoms with Crippen LogP contribution in [0.1, 0.15) is 86.5 Å². The van der Waals surface area contributed by atoms with Crippen molar-refractivity contribution in [2.75, 3.05) is 6.61 Å². The topological polar surface area (TPSA) is 69.7 Å². The lowest BCUT2D eigenvalue weighted by molar-refractivity contribution is -0.144. The van der Waals surface area contributed by atoms with Gasteiger partial charge in [0.25, 0.3) is 0 Å². The smallest absolute Gasteiger partial charge is 0.465 e. The van der Waals surface area contributed by atoms with Gasteiger partial charge in [-0.05, 0) is 73.7 Å². The van der Waals surface area contributed by atoms with Crippen molar-refractivity contribution >= 4 is 16.1 Å². The number of cyclic esters (lactones) is 1. The number of allylic oxidation sites excluding steroid dienone is 2. The van der Waals surface area contributed by atoms with E-state index >= 15 is 0 Å². The van der Waals surface area contributed by atoms with Crippen molar-refractivity contribution in [3.05, 3.63) is 11.8 Å². The zero-order chi connectivity index (χ0) is 25.2. The SMILES string of the molecule is CC.CC.CC12CCC3C(CCC4COC(=O)CCC43C)C1CC=C2OS(=O)(=O)C(F)(F)F. The normalized spacial score (nSPS) is 37.8. The minimum absolute atomic E-state index is 0.0436. The van der Waals surface area contributed by atoms with Crippen LogP contribution >= 0.6 is 0 Å². The lowest BCUT2D eigenvalue weighted by atomic mass is 9.47. The highest BCUT2D eigenvalue weighted by atomic mass is 32.2. The van der Waals surface area contributed by atoms with Gasteiger partial charge in [0, 0.05) is 11.8 Å². The maximum atomic E-state index is 12.8. The molecule has 0 aromatic carbocycles. The highest BCUT2D eigenvalue weighted by Crippen LogP contribution is 2.65. The number of fused-ring (bicyclic) bond motifs is 5. The van der Waals surface area contributed by atoms with E-state index in [2.05, 4.69) is 11.1 Å². The van der Waals surface area contributed by atoms with E-state index in [0.29, 0.717) is 37.7 Å². The van der Waals surface area contributed by atoms with E-state index < -0.39 is 21.0 Å². The largest absolute Gasteiger partial charge is 0.534 e. The third-order valence-electron chi connectivity index (χ3n) is 8.37. The summed E-state index contributed by atoms with van der Waals surface area (Å²) in [6, 6.07) is 0. The second-order valence-corrected chi connectivity index (χ2v) is 11.1. The van der Waals surface area contributed by atoms with Crippen molar-refractivity contribution in [1.82, 2.24) is 0 Å². The number of halogens is 3. The van der Waals surface area contributed by atoms with Gasteiger partial charge in [0.15, 0.2) is 0 Å². The van der Waals surface area contributed by atoms with Crippen LogP contribution in [0.25, 0.3) is 0 Å². The van der Waals surface area contributed by atoms with Crippen molar-refractivity contribution in [1.29, 1.82) is 0 Å². The fourth-order valence-corrected chi connectivity index (χ4v) is 7.25. The third kappa shape index (κ3) is 4.94. The number of hydrogen-bond acceptors (Lipinski definition) is 5. The minimum atomic E-state index is -5.66. The predicted molar refractivity (Wildman–Crippen MR) is 120 cm³/mol. The Kier molecular flexibility index (Phi) is 8.62. The number of rotatable bonds is 2. The molecule has 5 nitrogen and oxygen atoms in total. The van der Waals surface area contributed by atoms with E-state index in [1.807, 2.05) is 34.6 Å². The van der Waals surface area contributed by atoms with Crippen LogP contribution in [0.5, 0.6) is 0 Å². The zero-order valence-electron chi connectivity index (χ0n) is 20.6. The number of ether oxygens (including phenoxy) is 1. The molecule has 0 spiro atoms. The van der Waals surface area contributed by atoms with Crippen molar-refractivity contribution in [3.63, 3.8) is 0 Å². The van der Waals surface area contributed by atoms with Crippen molar-refractivity contribution in [2.45, 2.75) is 92.0 Å². The van der Waals surface area contributed by atoms with E-state index in [4.69, 9.17) is 4.74 Å². The molecule has 0 N–H and O–H groups in total. The molecule has 192 valence electrons. The van der Waals surface area contributed by atoms with E-state index in [0.717, 1.165) is 25.7 Å². The van der Waals surface area contributed by atoms with Gasteiger partial charge in [0.05, 0.1) is 6.61 Å². The summed E-state index contributed by atoms with van der Waals surface area (Å²) in [6.45, 7) is 12.5. The molecular weight excluding hydrogens is 457 g/mol. The Hall–Kier alpha value is -1.25. The molecule has 3 aliphatic carbocycles. The molecule has 9 heteroatoms. The third-order valence-corrected chi connectivity index (χ3v) is 9.34. The summed E-state index contributed by atoms with van der Waals surface area (Å²) in [4.78, 5) is 11.8. The van der Waals surface area contributed by atoms with E-state index in [1.54, 1.807) is 6.08 Å². The molecule has 33 heavy (non-hydrogen) atoms. The van der Waals surface area contributed by atoms with Gasteiger partial charge in [0.1, 0.15) is 5.76 Å². The Morgan fingerprint density at radius 2 is 1.67 bits per heavy atom. The number of alkyl halides is 3. The highest BCUT2D eigenvalue weighted by molar-refractivity contribution is 7.87. The summed E-state index contributed by atoms with van der Waals surface area (Å²) in [5.74, 6) is 0.765. The van der Waals surface area contributed by atoms with Gasteiger partial charge in [-0.3, -0.25) is 4.79 Å². The molecule has 0 aromatic heterocycles. The number of carbonyl (C=O) groups excluding carboxylic acids is 1. The first-order valence-corrected chi connectivity index (χ1v) is 13.7. The van der Waals surface area contributed by atoms with Crippen LogP contribution < -0.4 is 0 Å². The lowest BCUT2D eigenvalue weighted by Gasteiger charge is -2.58. The lowest BCUT2D eigenvalue weighted by Crippen LogP contribution is -2.52. The van der Waals surface area contributed by atoms with Crippen molar-refractivity contribution < 1.29 is 35.3 Å². The molecule has 4 aliphatic rings. The van der Waals surface area contributed by atoms with Gasteiger partial charge in [-0.2, -0.15) is 21.6 Å². The Labute approximate surface area is 196 Å². The summed E-state index contributed by atoms with van der Waals surface area (Å²) in [6.07, 6.45) is 6.42. The van der Waals surface area contributed by atoms with Gasteiger partial charge in [-0.25, -0.2) is 0 Å². The second kappa shape index (κ2) is 10.2. The average molecular weight is 497 g/mol. The molecule has 4 rings (SSSR count). The molecule has 1 saturated heterocycles. The van der Waals surface area contributed by atoms with E-state index in [1.165, 1.54) is 0 Å². The maximum absolute atomic E-state index is 12.8. The summed E-state index contributed by atoms with van der Waals surface area (Å²) in [7, 11) is -5.66. The van der Waals surface area contributed by atoms with Crippen LogP contribution in [-0.2, 0) is 23.8 Å². The monoisotopic (exact) mass is 496 g/mol. The fraction of sp³-hybridized carbons (Fsp3) is 0.875. The summed E-state index contributed by atoms with van der Waals surface area (Å²) in [5, 5.41) is 0. The molecule has 3 fully saturated rings. The quantitative estimate of drug-likeness (QED) is 0.245. The van der Waals surface area contributed by atoms with Crippen molar-refractivity contribution in [3.8, 4) is 0 Å². The molecule has 0 amide bonds.